The Kier molecular flexibility index (Phi) is 6.08. The molecule has 0 saturated carbocycles. The highest BCUT2D eigenvalue weighted by molar-refractivity contribution is 5.73. The monoisotopic (exact) mass is 320 g/mol. The molecule has 0 aliphatic carbocycles. The van der Waals surface area contributed by atoms with Crippen molar-refractivity contribution in [3.05, 3.63) is 47.4 Å². The maximum Gasteiger partial charge on any atom is 0.314 e. The van der Waals surface area contributed by atoms with E-state index >= 15 is 0 Å². The van der Waals surface area contributed by atoms with Crippen LogP contribution >= 0.6 is 0 Å². The Morgan fingerprint density at radius 2 is 1.91 bits per heavy atom. The number of nitrogens with one attached hydrogen (secondary N) is 2. The van der Waals surface area contributed by atoms with Gasteiger partial charge in [0, 0.05) is 25.4 Å². The molecule has 1 heterocycles. The van der Waals surface area contributed by atoms with Gasteiger partial charge in [-0.25, -0.2) is 9.18 Å². The van der Waals surface area contributed by atoms with Crippen molar-refractivity contribution in [3.63, 3.8) is 0 Å². The van der Waals surface area contributed by atoms with Crippen LogP contribution in [0.3, 0.4) is 0 Å². The predicted molar refractivity (Wildman–Crippen MR) is 83.6 cm³/mol. The molecule has 2 rings (SSSR count). The molecule has 23 heavy (non-hydrogen) atoms. The largest absolute Gasteiger partial charge is 0.339 e. The maximum absolute atomic E-state index is 13.4. The van der Waals surface area contributed by atoms with Gasteiger partial charge in [-0.05, 0) is 18.1 Å². The van der Waals surface area contributed by atoms with Crippen molar-refractivity contribution in [3.8, 4) is 0 Å². The lowest BCUT2D eigenvalue weighted by molar-refractivity contribution is 0.240. The van der Waals surface area contributed by atoms with Crippen molar-refractivity contribution in [2.75, 3.05) is 13.1 Å². The second-order valence-corrected chi connectivity index (χ2v) is 5.48. The van der Waals surface area contributed by atoms with Crippen LogP contribution in [0.15, 0.2) is 28.8 Å². The minimum Gasteiger partial charge on any atom is -0.339 e. The maximum atomic E-state index is 13.4. The highest BCUT2D eigenvalue weighted by Gasteiger charge is 2.09. The quantitative estimate of drug-likeness (QED) is 0.821. The molecule has 2 amide bonds. The van der Waals surface area contributed by atoms with E-state index in [0.717, 1.165) is 0 Å². The number of amides is 2. The number of hydrogen-bond donors (Lipinski definition) is 2. The number of carbonyl (C=O) groups is 1. The first-order valence-corrected chi connectivity index (χ1v) is 7.64. The topological polar surface area (TPSA) is 80.0 Å². The molecule has 1 aromatic carbocycles. The van der Waals surface area contributed by atoms with Crippen molar-refractivity contribution in [1.82, 2.24) is 20.8 Å². The zero-order valence-electron chi connectivity index (χ0n) is 13.3. The van der Waals surface area contributed by atoms with E-state index in [4.69, 9.17) is 4.52 Å². The van der Waals surface area contributed by atoms with E-state index in [-0.39, 0.29) is 17.8 Å². The lowest BCUT2D eigenvalue weighted by atomic mass is 10.1. The summed E-state index contributed by atoms with van der Waals surface area (Å²) < 4.78 is 18.5. The Balaban J connectivity index is 1.64. The molecule has 7 heteroatoms. The van der Waals surface area contributed by atoms with Gasteiger partial charge in [-0.2, -0.15) is 4.98 Å². The number of halogens is 1. The first-order valence-electron chi connectivity index (χ1n) is 7.64. The summed E-state index contributed by atoms with van der Waals surface area (Å²) in [6.45, 7) is 4.72. The van der Waals surface area contributed by atoms with Gasteiger partial charge < -0.3 is 15.2 Å². The van der Waals surface area contributed by atoms with E-state index in [2.05, 4.69) is 20.8 Å². The number of rotatable bonds is 7. The van der Waals surface area contributed by atoms with Gasteiger partial charge >= 0.3 is 6.03 Å². The van der Waals surface area contributed by atoms with Gasteiger partial charge in [-0.1, -0.05) is 37.2 Å². The Hall–Kier alpha value is -2.44. The molecular weight excluding hydrogens is 299 g/mol. The van der Waals surface area contributed by atoms with E-state index in [0.29, 0.717) is 43.2 Å². The fraction of sp³-hybridized carbons (Fsp3) is 0.438. The van der Waals surface area contributed by atoms with Crippen LogP contribution in [0.25, 0.3) is 0 Å². The van der Waals surface area contributed by atoms with Crippen molar-refractivity contribution in [2.24, 2.45) is 0 Å². The van der Waals surface area contributed by atoms with Crippen molar-refractivity contribution in [2.45, 2.75) is 32.6 Å². The standard InChI is InChI=1S/C16H21FN4O2/c1-11(2)15-20-14(23-21-15)8-10-19-16(22)18-9-7-12-5-3-4-6-13(12)17/h3-6,11H,7-10H2,1-2H3,(H2,18,19,22). The summed E-state index contributed by atoms with van der Waals surface area (Å²) in [5, 5.41) is 9.24. The van der Waals surface area contributed by atoms with E-state index < -0.39 is 0 Å². The second-order valence-electron chi connectivity index (χ2n) is 5.48. The van der Waals surface area contributed by atoms with Crippen LogP contribution < -0.4 is 10.6 Å². The fourth-order valence-electron chi connectivity index (χ4n) is 1.96. The van der Waals surface area contributed by atoms with Gasteiger partial charge in [0.05, 0.1) is 0 Å². The van der Waals surface area contributed by atoms with Crippen molar-refractivity contribution >= 4 is 6.03 Å². The average molecular weight is 320 g/mol. The molecule has 0 atom stereocenters. The third-order valence-corrected chi connectivity index (χ3v) is 3.26. The SMILES string of the molecule is CC(C)c1noc(CCNC(=O)NCCc2ccccc2F)n1. The predicted octanol–water partition coefficient (Wildman–Crippen LogP) is 2.42. The molecule has 2 aromatic rings. The van der Waals surface area contributed by atoms with Crippen LogP contribution in [0, 0.1) is 5.82 Å². The van der Waals surface area contributed by atoms with Crippen LogP contribution in [0.1, 0.15) is 37.0 Å². The molecule has 0 fully saturated rings. The number of benzene rings is 1. The molecule has 0 bridgehead atoms. The van der Waals surface area contributed by atoms with E-state index in [9.17, 15) is 9.18 Å². The molecule has 6 nitrogen and oxygen atoms in total. The van der Waals surface area contributed by atoms with Gasteiger partial charge in [0.15, 0.2) is 5.82 Å². The number of hydrogen-bond acceptors (Lipinski definition) is 4. The van der Waals surface area contributed by atoms with Crippen LogP contribution in [0.4, 0.5) is 9.18 Å². The number of nitrogens with zero attached hydrogens (tertiary/aromatic N) is 2. The Morgan fingerprint density at radius 3 is 2.57 bits per heavy atom. The fourth-order valence-corrected chi connectivity index (χ4v) is 1.96. The van der Waals surface area contributed by atoms with E-state index in [1.807, 2.05) is 13.8 Å². The number of urea groups is 1. The van der Waals surface area contributed by atoms with Gasteiger partial charge in [0.25, 0.3) is 0 Å². The lowest BCUT2D eigenvalue weighted by Crippen LogP contribution is -2.37. The molecule has 0 radical (unpaired) electrons. The Labute approximate surface area is 134 Å². The molecule has 0 spiro atoms. The van der Waals surface area contributed by atoms with Crippen LogP contribution in [0.5, 0.6) is 0 Å². The van der Waals surface area contributed by atoms with Gasteiger partial charge in [-0.3, -0.25) is 0 Å². The lowest BCUT2D eigenvalue weighted by Gasteiger charge is -2.07. The van der Waals surface area contributed by atoms with Crippen LogP contribution in [-0.4, -0.2) is 29.3 Å². The summed E-state index contributed by atoms with van der Waals surface area (Å²) in [6, 6.07) is 6.22. The molecule has 0 aliphatic rings. The average Bonchev–Trinajstić information content (AvgIpc) is 2.98. The molecule has 0 aliphatic heterocycles. The summed E-state index contributed by atoms with van der Waals surface area (Å²) in [4.78, 5) is 15.9. The first kappa shape index (κ1) is 16.9. The van der Waals surface area contributed by atoms with Gasteiger partial charge in [0.2, 0.25) is 5.89 Å². The van der Waals surface area contributed by atoms with Gasteiger partial charge in [0.1, 0.15) is 5.82 Å². The first-order chi connectivity index (χ1) is 11.1. The molecule has 124 valence electrons. The van der Waals surface area contributed by atoms with Crippen molar-refractivity contribution < 1.29 is 13.7 Å². The summed E-state index contributed by atoms with van der Waals surface area (Å²) in [5.41, 5.74) is 0.583. The highest BCUT2D eigenvalue weighted by Crippen LogP contribution is 2.09. The Bertz CT molecular complexity index is 643. The van der Waals surface area contributed by atoms with Crippen molar-refractivity contribution in [1.29, 1.82) is 0 Å². The summed E-state index contributed by atoms with van der Waals surface area (Å²) in [6.07, 6.45) is 0.919. The summed E-state index contributed by atoms with van der Waals surface area (Å²) >= 11 is 0. The molecule has 1 aromatic heterocycles. The minimum atomic E-state index is -0.301. The zero-order chi connectivity index (χ0) is 16.7. The Morgan fingerprint density at radius 1 is 1.22 bits per heavy atom. The third-order valence-electron chi connectivity index (χ3n) is 3.26. The summed E-state index contributed by atoms with van der Waals surface area (Å²) in [7, 11) is 0. The van der Waals surface area contributed by atoms with E-state index in [1.54, 1.807) is 18.2 Å². The second kappa shape index (κ2) is 8.26. The number of aromatic nitrogens is 2. The normalized spacial score (nSPS) is 10.8. The van der Waals surface area contributed by atoms with Crippen LogP contribution in [0.2, 0.25) is 0 Å². The zero-order valence-corrected chi connectivity index (χ0v) is 13.3. The molecular formula is C16H21FN4O2. The smallest absolute Gasteiger partial charge is 0.314 e. The highest BCUT2D eigenvalue weighted by atomic mass is 19.1. The summed E-state index contributed by atoms with van der Waals surface area (Å²) in [5.74, 6) is 1.11. The molecule has 0 saturated heterocycles. The third kappa shape index (κ3) is 5.36. The van der Waals surface area contributed by atoms with Crippen LogP contribution in [-0.2, 0) is 12.8 Å². The minimum absolute atomic E-state index is 0.210. The molecule has 0 unspecified atom stereocenters. The van der Waals surface area contributed by atoms with E-state index in [1.165, 1.54) is 6.07 Å². The number of carbonyl (C=O) groups excluding carboxylic acids is 1. The van der Waals surface area contributed by atoms with Gasteiger partial charge in [-0.15, -0.1) is 0 Å². The molecule has 2 N–H and O–H groups in total.